The van der Waals surface area contributed by atoms with Crippen LogP contribution in [0.25, 0.3) is 11.0 Å². The smallest absolute Gasteiger partial charge is 0.317 e. The first-order valence-electron chi connectivity index (χ1n) is 10.4. The number of ether oxygens (including phenoxy) is 1. The van der Waals surface area contributed by atoms with E-state index >= 15 is 0 Å². The number of rotatable bonds is 7. The van der Waals surface area contributed by atoms with E-state index in [9.17, 15) is 14.4 Å². The predicted octanol–water partition coefficient (Wildman–Crippen LogP) is 2.31. The topological polar surface area (TPSA) is 82.3 Å². The van der Waals surface area contributed by atoms with E-state index in [2.05, 4.69) is 11.9 Å². The summed E-state index contributed by atoms with van der Waals surface area (Å²) in [6.45, 7) is 5.43. The molecule has 0 bridgehead atoms. The quantitative estimate of drug-likeness (QED) is 0.471. The molecular formula is C24H25N3O4. The largest absolute Gasteiger partial charge is 0.376 e. The van der Waals surface area contributed by atoms with Crippen LogP contribution in [-0.2, 0) is 17.8 Å². The molecule has 0 saturated carbocycles. The Morgan fingerprint density at radius 2 is 1.74 bits per heavy atom. The molecule has 2 heterocycles. The predicted molar refractivity (Wildman–Crippen MR) is 120 cm³/mol. The summed E-state index contributed by atoms with van der Waals surface area (Å²) in [7, 11) is 0. The average Bonchev–Trinajstić information content (AvgIpc) is 3.32. The van der Waals surface area contributed by atoms with Gasteiger partial charge in [-0.05, 0) is 42.7 Å². The van der Waals surface area contributed by atoms with Crippen molar-refractivity contribution in [2.75, 3.05) is 13.2 Å². The number of para-hydroxylation sites is 2. The SMILES string of the molecule is C=CCn1c(=O)c(=O)n(Cc2ccc(C(=O)NC[C@@H]3CCCO3)cc2)c2ccccc21. The molecule has 1 atom stereocenters. The molecule has 3 aromatic rings. The zero-order valence-electron chi connectivity index (χ0n) is 17.3. The third-order valence-corrected chi connectivity index (χ3v) is 5.52. The normalized spacial score (nSPS) is 15.8. The van der Waals surface area contributed by atoms with Gasteiger partial charge in [0.2, 0.25) is 0 Å². The number of allylic oxidation sites excluding steroid dienone is 1. The van der Waals surface area contributed by atoms with E-state index in [1.807, 2.05) is 24.3 Å². The lowest BCUT2D eigenvalue weighted by atomic mass is 10.1. The third kappa shape index (κ3) is 4.36. The minimum atomic E-state index is -0.584. The van der Waals surface area contributed by atoms with Crippen LogP contribution in [0.4, 0.5) is 0 Å². The monoisotopic (exact) mass is 419 g/mol. The van der Waals surface area contributed by atoms with Crippen LogP contribution in [0, 0.1) is 0 Å². The van der Waals surface area contributed by atoms with Crippen molar-refractivity contribution >= 4 is 16.9 Å². The van der Waals surface area contributed by atoms with Gasteiger partial charge in [-0.3, -0.25) is 23.5 Å². The average molecular weight is 419 g/mol. The van der Waals surface area contributed by atoms with E-state index in [-0.39, 0.29) is 25.1 Å². The van der Waals surface area contributed by atoms with Gasteiger partial charge in [0, 0.05) is 25.3 Å². The highest BCUT2D eigenvalue weighted by Crippen LogP contribution is 2.14. The summed E-state index contributed by atoms with van der Waals surface area (Å²) < 4.78 is 8.43. The van der Waals surface area contributed by atoms with Gasteiger partial charge < -0.3 is 10.1 Å². The van der Waals surface area contributed by atoms with Crippen molar-refractivity contribution in [1.29, 1.82) is 0 Å². The van der Waals surface area contributed by atoms with Gasteiger partial charge in [0.15, 0.2) is 0 Å². The highest BCUT2D eigenvalue weighted by molar-refractivity contribution is 5.94. The molecule has 1 saturated heterocycles. The Balaban J connectivity index is 1.57. The van der Waals surface area contributed by atoms with Crippen molar-refractivity contribution in [1.82, 2.24) is 14.5 Å². The number of hydrogen-bond acceptors (Lipinski definition) is 4. The fourth-order valence-corrected chi connectivity index (χ4v) is 3.90. The van der Waals surface area contributed by atoms with Crippen LogP contribution in [0.1, 0.15) is 28.8 Å². The standard InChI is InChI=1S/C24H25N3O4/c1-2-13-26-20-7-3-4-8-21(20)27(24(30)23(26)29)16-17-9-11-18(12-10-17)22(28)25-15-19-6-5-14-31-19/h2-4,7-12,19H,1,5-6,13-16H2,(H,25,28)/t19-/m0/s1. The second kappa shape index (κ2) is 9.14. The third-order valence-electron chi connectivity index (χ3n) is 5.52. The second-order valence-corrected chi connectivity index (χ2v) is 7.63. The number of nitrogens with zero attached hydrogens (tertiary/aromatic N) is 2. The van der Waals surface area contributed by atoms with E-state index in [4.69, 9.17) is 4.74 Å². The number of fused-ring (bicyclic) bond motifs is 1. The lowest BCUT2D eigenvalue weighted by molar-refractivity contribution is 0.0858. The van der Waals surface area contributed by atoms with Gasteiger partial charge in [0.05, 0.1) is 23.7 Å². The van der Waals surface area contributed by atoms with E-state index < -0.39 is 11.1 Å². The van der Waals surface area contributed by atoms with Crippen molar-refractivity contribution in [2.45, 2.75) is 32.0 Å². The zero-order valence-corrected chi connectivity index (χ0v) is 17.3. The summed E-state index contributed by atoms with van der Waals surface area (Å²) in [5.74, 6) is -0.156. The van der Waals surface area contributed by atoms with Crippen molar-refractivity contribution in [3.8, 4) is 0 Å². The maximum absolute atomic E-state index is 12.8. The van der Waals surface area contributed by atoms with Crippen LogP contribution in [-0.4, -0.2) is 34.3 Å². The maximum Gasteiger partial charge on any atom is 0.317 e. The molecule has 0 radical (unpaired) electrons. The van der Waals surface area contributed by atoms with Gasteiger partial charge in [-0.1, -0.05) is 30.3 Å². The Kier molecular flexibility index (Phi) is 6.13. The molecule has 2 aromatic carbocycles. The van der Waals surface area contributed by atoms with Crippen LogP contribution in [0.5, 0.6) is 0 Å². The van der Waals surface area contributed by atoms with Crippen LogP contribution < -0.4 is 16.4 Å². The first-order valence-corrected chi connectivity index (χ1v) is 10.4. The van der Waals surface area contributed by atoms with Gasteiger partial charge in [-0.25, -0.2) is 0 Å². The van der Waals surface area contributed by atoms with Gasteiger partial charge >= 0.3 is 11.1 Å². The number of carbonyl (C=O) groups is 1. The molecule has 4 rings (SSSR count). The molecule has 0 unspecified atom stereocenters. The number of aromatic nitrogens is 2. The molecule has 7 nitrogen and oxygen atoms in total. The zero-order chi connectivity index (χ0) is 21.8. The number of amides is 1. The minimum absolute atomic E-state index is 0.0894. The van der Waals surface area contributed by atoms with E-state index in [1.54, 1.807) is 30.3 Å². The first kappa shape index (κ1) is 20.8. The fraction of sp³-hybridized carbons (Fsp3) is 0.292. The van der Waals surface area contributed by atoms with Crippen molar-refractivity contribution in [2.24, 2.45) is 0 Å². The van der Waals surface area contributed by atoms with Gasteiger partial charge in [0.25, 0.3) is 5.91 Å². The molecule has 160 valence electrons. The molecule has 1 aliphatic rings. The molecule has 1 fully saturated rings. The van der Waals surface area contributed by atoms with E-state index in [0.29, 0.717) is 23.1 Å². The first-order chi connectivity index (χ1) is 15.1. The summed E-state index contributed by atoms with van der Waals surface area (Å²) in [5.41, 5.74) is 1.55. The van der Waals surface area contributed by atoms with Crippen molar-refractivity contribution in [3.63, 3.8) is 0 Å². The Morgan fingerprint density at radius 1 is 1.06 bits per heavy atom. The molecule has 31 heavy (non-hydrogen) atoms. The Labute approximate surface area is 179 Å². The van der Waals surface area contributed by atoms with Crippen molar-refractivity contribution < 1.29 is 9.53 Å². The Bertz CT molecular complexity index is 1220. The molecule has 1 aliphatic heterocycles. The molecule has 0 aliphatic carbocycles. The highest BCUT2D eigenvalue weighted by atomic mass is 16.5. The minimum Gasteiger partial charge on any atom is -0.376 e. The number of hydrogen-bond donors (Lipinski definition) is 1. The highest BCUT2D eigenvalue weighted by Gasteiger charge is 2.17. The molecule has 1 amide bonds. The summed E-state index contributed by atoms with van der Waals surface area (Å²) >= 11 is 0. The maximum atomic E-state index is 12.8. The van der Waals surface area contributed by atoms with Gasteiger partial charge in [-0.2, -0.15) is 0 Å². The fourth-order valence-electron chi connectivity index (χ4n) is 3.90. The second-order valence-electron chi connectivity index (χ2n) is 7.63. The Morgan fingerprint density at radius 3 is 2.39 bits per heavy atom. The lowest BCUT2D eigenvalue weighted by Crippen LogP contribution is -2.41. The Hall–Kier alpha value is -3.45. The van der Waals surface area contributed by atoms with Crippen molar-refractivity contribution in [3.05, 3.63) is 93.0 Å². The molecule has 1 N–H and O–H groups in total. The summed E-state index contributed by atoms with van der Waals surface area (Å²) in [6, 6.07) is 14.4. The van der Waals surface area contributed by atoms with Crippen LogP contribution in [0.2, 0.25) is 0 Å². The molecule has 1 aromatic heterocycles. The van der Waals surface area contributed by atoms with E-state index in [0.717, 1.165) is 25.0 Å². The lowest BCUT2D eigenvalue weighted by Gasteiger charge is -2.14. The van der Waals surface area contributed by atoms with E-state index in [1.165, 1.54) is 9.13 Å². The van der Waals surface area contributed by atoms with Crippen LogP contribution >= 0.6 is 0 Å². The summed E-state index contributed by atoms with van der Waals surface area (Å²) in [5, 5.41) is 2.90. The van der Waals surface area contributed by atoms with Gasteiger partial charge in [0.1, 0.15) is 0 Å². The summed E-state index contributed by atoms with van der Waals surface area (Å²) in [4.78, 5) is 37.8. The molecule has 7 heteroatoms. The number of nitrogens with one attached hydrogen (secondary N) is 1. The van der Waals surface area contributed by atoms with Crippen LogP contribution in [0.15, 0.2) is 70.8 Å². The van der Waals surface area contributed by atoms with Crippen LogP contribution in [0.3, 0.4) is 0 Å². The number of benzene rings is 2. The van der Waals surface area contributed by atoms with Gasteiger partial charge in [-0.15, -0.1) is 6.58 Å². The number of carbonyl (C=O) groups excluding carboxylic acids is 1. The summed E-state index contributed by atoms with van der Waals surface area (Å²) in [6.07, 6.45) is 3.68. The molecular weight excluding hydrogens is 394 g/mol. The molecule has 0 spiro atoms.